The molecule has 2 nitrogen and oxygen atoms in total. The molecule has 21 heavy (non-hydrogen) atoms. The summed E-state index contributed by atoms with van der Waals surface area (Å²) >= 11 is 0. The number of fused-ring (bicyclic) bond motifs is 3. The second-order valence-corrected chi connectivity index (χ2v) is 9.08. The Morgan fingerprint density at radius 3 is 2.19 bits per heavy atom. The molecule has 6 aliphatic rings. The molecule has 3 unspecified atom stereocenters. The van der Waals surface area contributed by atoms with Crippen LogP contribution in [0.4, 0.5) is 0 Å². The van der Waals surface area contributed by atoms with Gasteiger partial charge in [0, 0.05) is 5.41 Å². The zero-order valence-corrected chi connectivity index (χ0v) is 12.9. The molecule has 5 saturated carbocycles. The number of allylic oxidation sites excluding steroid dienone is 2. The van der Waals surface area contributed by atoms with E-state index in [1.807, 2.05) is 0 Å². The lowest BCUT2D eigenvalue weighted by Gasteiger charge is -2.66. The van der Waals surface area contributed by atoms with E-state index in [1.54, 1.807) is 0 Å². The van der Waals surface area contributed by atoms with E-state index in [2.05, 4.69) is 19.1 Å². The molecule has 114 valence electrons. The predicted molar refractivity (Wildman–Crippen MR) is 80.6 cm³/mol. The van der Waals surface area contributed by atoms with Crippen LogP contribution in [0.3, 0.4) is 0 Å². The van der Waals surface area contributed by atoms with Crippen molar-refractivity contribution in [1.29, 1.82) is 0 Å². The topological polar surface area (TPSA) is 37.3 Å². The molecule has 0 saturated heterocycles. The molecule has 6 rings (SSSR count). The van der Waals surface area contributed by atoms with Crippen LogP contribution in [-0.2, 0) is 4.79 Å². The number of rotatable bonds is 2. The first kappa shape index (κ1) is 12.7. The maximum Gasteiger partial charge on any atom is 0.307 e. The molecule has 0 aromatic heterocycles. The van der Waals surface area contributed by atoms with Gasteiger partial charge in [0.15, 0.2) is 0 Å². The van der Waals surface area contributed by atoms with Gasteiger partial charge < -0.3 is 5.11 Å². The van der Waals surface area contributed by atoms with Crippen LogP contribution in [0.15, 0.2) is 12.2 Å². The van der Waals surface area contributed by atoms with Crippen LogP contribution in [0.1, 0.15) is 51.9 Å². The van der Waals surface area contributed by atoms with Gasteiger partial charge >= 0.3 is 5.97 Å². The fourth-order valence-corrected chi connectivity index (χ4v) is 7.83. The summed E-state index contributed by atoms with van der Waals surface area (Å²) in [5.74, 6) is 3.40. The molecule has 6 bridgehead atoms. The van der Waals surface area contributed by atoms with Crippen molar-refractivity contribution in [2.45, 2.75) is 51.9 Å². The first-order valence-corrected chi connectivity index (χ1v) is 8.95. The quantitative estimate of drug-likeness (QED) is 0.775. The van der Waals surface area contributed by atoms with Crippen LogP contribution in [0.25, 0.3) is 0 Å². The molecular formula is C19H26O2. The smallest absolute Gasteiger partial charge is 0.307 e. The Hall–Kier alpha value is -0.790. The maximum atomic E-state index is 11.9. The highest BCUT2D eigenvalue weighted by Gasteiger charge is 2.68. The van der Waals surface area contributed by atoms with Gasteiger partial charge in [-0.3, -0.25) is 4.79 Å². The van der Waals surface area contributed by atoms with Crippen LogP contribution < -0.4 is 0 Å². The summed E-state index contributed by atoms with van der Waals surface area (Å²) < 4.78 is 0. The lowest BCUT2D eigenvalue weighted by atomic mass is 9.38. The van der Waals surface area contributed by atoms with Crippen molar-refractivity contribution in [3.63, 3.8) is 0 Å². The average molecular weight is 286 g/mol. The second-order valence-electron chi connectivity index (χ2n) is 9.08. The fourth-order valence-electron chi connectivity index (χ4n) is 7.83. The molecule has 3 atom stereocenters. The minimum Gasteiger partial charge on any atom is -0.481 e. The van der Waals surface area contributed by atoms with Gasteiger partial charge in [0.25, 0.3) is 0 Å². The SMILES string of the molecule is CC1(C23C=CC(CC2C(=O)O)C3)C2CC3CC(C2)CC1C3. The Labute approximate surface area is 127 Å². The van der Waals surface area contributed by atoms with E-state index in [-0.39, 0.29) is 16.7 Å². The van der Waals surface area contributed by atoms with Gasteiger partial charge in [-0.1, -0.05) is 19.1 Å². The van der Waals surface area contributed by atoms with Crippen LogP contribution in [-0.4, -0.2) is 11.1 Å². The highest BCUT2D eigenvalue weighted by Crippen LogP contribution is 2.74. The third-order valence-electron chi connectivity index (χ3n) is 8.56. The van der Waals surface area contributed by atoms with Gasteiger partial charge in [-0.15, -0.1) is 0 Å². The predicted octanol–water partition coefficient (Wildman–Crippen LogP) is 4.12. The zero-order valence-electron chi connectivity index (χ0n) is 12.9. The van der Waals surface area contributed by atoms with E-state index in [0.29, 0.717) is 5.92 Å². The third kappa shape index (κ3) is 1.34. The summed E-state index contributed by atoms with van der Waals surface area (Å²) in [6.45, 7) is 2.49. The molecule has 0 heterocycles. The van der Waals surface area contributed by atoms with Crippen molar-refractivity contribution < 1.29 is 9.90 Å². The van der Waals surface area contributed by atoms with Gasteiger partial charge in [-0.2, -0.15) is 0 Å². The number of carbonyl (C=O) groups is 1. The van der Waals surface area contributed by atoms with E-state index in [4.69, 9.17) is 0 Å². The molecule has 0 amide bonds. The van der Waals surface area contributed by atoms with Gasteiger partial charge in [0.1, 0.15) is 0 Å². The van der Waals surface area contributed by atoms with Gasteiger partial charge in [-0.25, -0.2) is 0 Å². The third-order valence-corrected chi connectivity index (χ3v) is 8.56. The van der Waals surface area contributed by atoms with Crippen LogP contribution in [0.2, 0.25) is 0 Å². The fraction of sp³-hybridized carbons (Fsp3) is 0.842. The van der Waals surface area contributed by atoms with Crippen LogP contribution >= 0.6 is 0 Å². The monoisotopic (exact) mass is 286 g/mol. The summed E-state index contributed by atoms with van der Waals surface area (Å²) in [7, 11) is 0. The summed E-state index contributed by atoms with van der Waals surface area (Å²) in [6.07, 6.45) is 13.8. The number of carboxylic acids is 1. The Morgan fingerprint density at radius 1 is 1.05 bits per heavy atom. The van der Waals surface area contributed by atoms with Gasteiger partial charge in [0.2, 0.25) is 0 Å². The first-order valence-electron chi connectivity index (χ1n) is 8.95. The maximum absolute atomic E-state index is 11.9. The lowest BCUT2D eigenvalue weighted by Crippen LogP contribution is -2.60. The summed E-state index contributed by atoms with van der Waals surface area (Å²) in [4.78, 5) is 11.9. The van der Waals surface area contributed by atoms with Crippen molar-refractivity contribution in [2.75, 3.05) is 0 Å². The van der Waals surface area contributed by atoms with Crippen molar-refractivity contribution >= 4 is 5.97 Å². The largest absolute Gasteiger partial charge is 0.481 e. The summed E-state index contributed by atoms with van der Waals surface area (Å²) in [5.41, 5.74) is 0.233. The number of aliphatic carboxylic acids is 1. The molecule has 6 aliphatic carbocycles. The summed E-state index contributed by atoms with van der Waals surface area (Å²) in [5, 5.41) is 9.84. The standard InChI is InChI=1S/C19H26O2/c1-18(14-5-12-4-13(7-14)8-15(18)6-12)19-3-2-11(10-19)9-16(19)17(20)21/h2-3,11-16H,4-10H2,1H3,(H,20,21). The van der Waals surface area contributed by atoms with Crippen LogP contribution in [0, 0.1) is 46.3 Å². The van der Waals surface area contributed by atoms with Gasteiger partial charge in [0.05, 0.1) is 5.92 Å². The van der Waals surface area contributed by atoms with Crippen molar-refractivity contribution in [2.24, 2.45) is 46.3 Å². The molecule has 5 fully saturated rings. The van der Waals surface area contributed by atoms with E-state index < -0.39 is 5.97 Å². The number of hydrogen-bond acceptors (Lipinski definition) is 1. The normalized spacial score (nSPS) is 59.9. The highest BCUT2D eigenvalue weighted by atomic mass is 16.4. The molecule has 0 aromatic carbocycles. The molecule has 2 heteroatoms. The van der Waals surface area contributed by atoms with Crippen LogP contribution in [0.5, 0.6) is 0 Å². The Bertz CT molecular complexity index is 506. The van der Waals surface area contributed by atoms with Crippen molar-refractivity contribution in [3.05, 3.63) is 12.2 Å². The highest BCUT2D eigenvalue weighted by molar-refractivity contribution is 5.73. The number of carboxylic acid groups (broad SMARTS) is 1. The second kappa shape index (κ2) is 3.75. The molecule has 1 N–H and O–H groups in total. The van der Waals surface area contributed by atoms with E-state index in [0.717, 1.165) is 36.5 Å². The van der Waals surface area contributed by atoms with E-state index >= 15 is 0 Å². The van der Waals surface area contributed by atoms with E-state index in [9.17, 15) is 9.90 Å². The zero-order chi connectivity index (χ0) is 14.4. The molecule has 0 spiro atoms. The lowest BCUT2D eigenvalue weighted by molar-refractivity contribution is -0.176. The molecule has 0 aliphatic heterocycles. The van der Waals surface area contributed by atoms with E-state index in [1.165, 1.54) is 32.1 Å². The van der Waals surface area contributed by atoms with Crippen molar-refractivity contribution in [1.82, 2.24) is 0 Å². The van der Waals surface area contributed by atoms with Gasteiger partial charge in [-0.05, 0) is 80.0 Å². The van der Waals surface area contributed by atoms with Crippen molar-refractivity contribution in [3.8, 4) is 0 Å². The summed E-state index contributed by atoms with van der Waals surface area (Å²) in [6, 6.07) is 0. The average Bonchev–Trinajstić information content (AvgIpc) is 3.03. The minimum atomic E-state index is -0.531. The number of hydrogen-bond donors (Lipinski definition) is 1. The Balaban J connectivity index is 1.62. The Kier molecular flexibility index (Phi) is 2.27. The molecular weight excluding hydrogens is 260 g/mol. The Morgan fingerprint density at radius 2 is 1.67 bits per heavy atom. The first-order chi connectivity index (χ1) is 10.0. The molecule has 0 radical (unpaired) electrons. The minimum absolute atomic E-state index is 0.0217. The molecule has 0 aromatic rings.